The van der Waals surface area contributed by atoms with Crippen LogP contribution in [0, 0.1) is 0 Å². The molecule has 1 N–H and O–H groups in total. The molecule has 3 heterocycles. The maximum atomic E-state index is 11.8. The minimum atomic E-state index is -0.156. The monoisotopic (exact) mass is 348 g/mol. The Bertz CT molecular complexity index is 1160. The second-order valence-corrected chi connectivity index (χ2v) is 6.50. The molecule has 0 saturated heterocycles. The minimum Gasteiger partial charge on any atom is -0.495 e. The van der Waals surface area contributed by atoms with E-state index < -0.39 is 0 Å². The van der Waals surface area contributed by atoms with E-state index >= 15 is 0 Å². The van der Waals surface area contributed by atoms with E-state index in [4.69, 9.17) is 9.72 Å². The van der Waals surface area contributed by atoms with Crippen molar-refractivity contribution in [3.8, 4) is 17.0 Å². The number of H-pyrrole nitrogens is 1. The molecule has 0 saturated carbocycles. The van der Waals surface area contributed by atoms with E-state index in [2.05, 4.69) is 14.3 Å². The van der Waals surface area contributed by atoms with Crippen molar-refractivity contribution in [2.24, 2.45) is 0 Å². The molecule has 0 radical (unpaired) electrons. The summed E-state index contributed by atoms with van der Waals surface area (Å²) < 4.78 is 7.53. The molecule has 0 spiro atoms. The standard InChI is InChI=1S/C20H20N4O2/c1-23(2)12-15-19(21-17-6-4-5-11-24(15)17)13-7-9-16(26-3)20-14(13)8-10-18(25)22-20/h4-11H,12H2,1-3H3,(H,22,25). The van der Waals surface area contributed by atoms with Crippen LogP contribution in [0.25, 0.3) is 27.8 Å². The molecule has 26 heavy (non-hydrogen) atoms. The first-order valence-corrected chi connectivity index (χ1v) is 8.39. The number of aromatic amines is 1. The van der Waals surface area contributed by atoms with Crippen LogP contribution in [0.5, 0.6) is 5.75 Å². The van der Waals surface area contributed by atoms with E-state index in [1.54, 1.807) is 7.11 Å². The molecule has 6 nitrogen and oxygen atoms in total. The average Bonchev–Trinajstić information content (AvgIpc) is 2.98. The van der Waals surface area contributed by atoms with E-state index in [1.807, 2.05) is 56.7 Å². The van der Waals surface area contributed by atoms with E-state index in [9.17, 15) is 4.79 Å². The van der Waals surface area contributed by atoms with Crippen LogP contribution in [-0.4, -0.2) is 40.5 Å². The number of nitrogens with one attached hydrogen (secondary N) is 1. The minimum absolute atomic E-state index is 0.156. The Morgan fingerprint density at radius 1 is 1.15 bits per heavy atom. The van der Waals surface area contributed by atoms with Crippen LogP contribution in [0.1, 0.15) is 5.69 Å². The van der Waals surface area contributed by atoms with Gasteiger partial charge in [0.2, 0.25) is 5.56 Å². The molecule has 0 bridgehead atoms. The first-order valence-electron chi connectivity index (χ1n) is 8.39. The number of hydrogen-bond acceptors (Lipinski definition) is 4. The number of hydrogen-bond donors (Lipinski definition) is 1. The van der Waals surface area contributed by atoms with Gasteiger partial charge >= 0.3 is 0 Å². The van der Waals surface area contributed by atoms with E-state index in [-0.39, 0.29) is 5.56 Å². The molecule has 6 heteroatoms. The number of methoxy groups -OCH3 is 1. The number of benzene rings is 1. The van der Waals surface area contributed by atoms with Crippen molar-refractivity contribution in [3.05, 3.63) is 64.7 Å². The topological polar surface area (TPSA) is 62.6 Å². The lowest BCUT2D eigenvalue weighted by Crippen LogP contribution is -2.13. The maximum absolute atomic E-state index is 11.8. The second-order valence-electron chi connectivity index (χ2n) is 6.50. The van der Waals surface area contributed by atoms with Crippen molar-refractivity contribution in [1.82, 2.24) is 19.3 Å². The lowest BCUT2D eigenvalue weighted by Gasteiger charge is -2.13. The van der Waals surface area contributed by atoms with Crippen molar-refractivity contribution in [2.75, 3.05) is 21.2 Å². The Hall–Kier alpha value is -3.12. The average molecular weight is 348 g/mol. The summed E-state index contributed by atoms with van der Waals surface area (Å²) in [5.41, 5.74) is 4.40. The van der Waals surface area contributed by atoms with Crippen molar-refractivity contribution in [2.45, 2.75) is 6.54 Å². The highest BCUT2D eigenvalue weighted by Gasteiger charge is 2.18. The summed E-state index contributed by atoms with van der Waals surface area (Å²) in [6.07, 6.45) is 2.03. The van der Waals surface area contributed by atoms with Crippen molar-refractivity contribution >= 4 is 16.6 Å². The van der Waals surface area contributed by atoms with Crippen LogP contribution in [0.3, 0.4) is 0 Å². The largest absolute Gasteiger partial charge is 0.495 e. The molecule has 1 aromatic carbocycles. The van der Waals surface area contributed by atoms with Crippen LogP contribution >= 0.6 is 0 Å². The maximum Gasteiger partial charge on any atom is 0.248 e. The fraction of sp³-hybridized carbons (Fsp3) is 0.200. The Balaban J connectivity index is 2.06. The zero-order valence-corrected chi connectivity index (χ0v) is 15.0. The molecular formula is C20H20N4O2. The number of fused-ring (bicyclic) bond motifs is 2. The summed E-state index contributed by atoms with van der Waals surface area (Å²) in [4.78, 5) is 21.7. The van der Waals surface area contributed by atoms with Gasteiger partial charge in [-0.25, -0.2) is 4.98 Å². The van der Waals surface area contributed by atoms with Gasteiger partial charge in [0.05, 0.1) is 24.0 Å². The second kappa shape index (κ2) is 6.31. The summed E-state index contributed by atoms with van der Waals surface area (Å²) >= 11 is 0. The third-order valence-electron chi connectivity index (χ3n) is 4.43. The predicted octanol–water partition coefficient (Wildman–Crippen LogP) is 2.91. The van der Waals surface area contributed by atoms with E-state index in [0.717, 1.165) is 34.5 Å². The lowest BCUT2D eigenvalue weighted by molar-refractivity contribution is 0.396. The predicted molar refractivity (Wildman–Crippen MR) is 103 cm³/mol. The summed E-state index contributed by atoms with van der Waals surface area (Å²) in [7, 11) is 5.67. The van der Waals surface area contributed by atoms with Gasteiger partial charge in [-0.05, 0) is 44.4 Å². The highest BCUT2D eigenvalue weighted by Crippen LogP contribution is 2.34. The van der Waals surface area contributed by atoms with Gasteiger partial charge < -0.3 is 19.0 Å². The molecule has 4 rings (SSSR count). The fourth-order valence-corrected chi connectivity index (χ4v) is 3.31. The molecule has 132 valence electrons. The van der Waals surface area contributed by atoms with Crippen LogP contribution in [0.15, 0.2) is 53.5 Å². The summed E-state index contributed by atoms with van der Waals surface area (Å²) in [5, 5.41) is 0.910. The first kappa shape index (κ1) is 16.4. The third-order valence-corrected chi connectivity index (χ3v) is 4.43. The number of aromatic nitrogens is 3. The summed E-state index contributed by atoms with van der Waals surface area (Å²) in [6, 6.07) is 13.2. The Morgan fingerprint density at radius 2 is 2.00 bits per heavy atom. The van der Waals surface area contributed by atoms with Crippen LogP contribution in [-0.2, 0) is 6.54 Å². The van der Waals surface area contributed by atoms with Crippen molar-refractivity contribution in [3.63, 3.8) is 0 Å². The van der Waals surface area contributed by atoms with Crippen LogP contribution in [0.4, 0.5) is 0 Å². The molecule has 0 aliphatic carbocycles. The van der Waals surface area contributed by atoms with Gasteiger partial charge in [-0.15, -0.1) is 0 Å². The molecule has 0 aliphatic rings. The molecule has 0 aliphatic heterocycles. The van der Waals surface area contributed by atoms with Gasteiger partial charge in [-0.2, -0.15) is 0 Å². The quantitative estimate of drug-likeness (QED) is 0.616. The lowest BCUT2D eigenvalue weighted by atomic mass is 10.0. The normalized spacial score (nSPS) is 11.5. The van der Waals surface area contributed by atoms with Gasteiger partial charge in [0.25, 0.3) is 0 Å². The Labute approximate surface area is 150 Å². The van der Waals surface area contributed by atoms with Crippen molar-refractivity contribution in [1.29, 1.82) is 0 Å². The van der Waals surface area contributed by atoms with E-state index in [0.29, 0.717) is 11.3 Å². The van der Waals surface area contributed by atoms with Gasteiger partial charge in [0.15, 0.2) is 0 Å². The smallest absolute Gasteiger partial charge is 0.248 e. The molecule has 0 atom stereocenters. The molecule has 0 amide bonds. The third kappa shape index (κ3) is 2.64. The SMILES string of the molecule is COc1ccc(-c2nc3ccccn3c2CN(C)C)c2ccc(=O)[nH]c12. The van der Waals surface area contributed by atoms with Crippen LogP contribution in [0.2, 0.25) is 0 Å². The van der Waals surface area contributed by atoms with Gasteiger partial charge in [-0.3, -0.25) is 4.79 Å². The summed E-state index contributed by atoms with van der Waals surface area (Å²) in [5.74, 6) is 0.638. The number of rotatable bonds is 4. The van der Waals surface area contributed by atoms with E-state index in [1.165, 1.54) is 6.07 Å². The Kier molecular flexibility index (Phi) is 3.97. The number of imidazole rings is 1. The molecular weight excluding hydrogens is 328 g/mol. The zero-order valence-electron chi connectivity index (χ0n) is 15.0. The fourth-order valence-electron chi connectivity index (χ4n) is 3.31. The van der Waals surface area contributed by atoms with Gasteiger partial charge in [0, 0.05) is 29.8 Å². The molecule has 0 unspecified atom stereocenters. The van der Waals surface area contributed by atoms with Crippen LogP contribution < -0.4 is 10.3 Å². The Morgan fingerprint density at radius 3 is 2.77 bits per heavy atom. The molecule has 4 aromatic rings. The number of pyridine rings is 2. The molecule has 3 aromatic heterocycles. The van der Waals surface area contributed by atoms with Gasteiger partial charge in [0.1, 0.15) is 11.4 Å². The zero-order chi connectivity index (χ0) is 18.3. The first-order chi connectivity index (χ1) is 12.6. The molecule has 0 fully saturated rings. The highest BCUT2D eigenvalue weighted by atomic mass is 16.5. The summed E-state index contributed by atoms with van der Waals surface area (Å²) in [6.45, 7) is 0.747. The number of ether oxygens (including phenoxy) is 1. The van der Waals surface area contributed by atoms with Gasteiger partial charge in [-0.1, -0.05) is 6.07 Å². The number of nitrogens with zero attached hydrogens (tertiary/aromatic N) is 3. The highest BCUT2D eigenvalue weighted by molar-refractivity contribution is 5.97. The van der Waals surface area contributed by atoms with Crippen molar-refractivity contribution < 1.29 is 4.74 Å².